The second-order valence-electron chi connectivity index (χ2n) is 10.4. The first-order valence-electron chi connectivity index (χ1n) is 13.8. The lowest BCUT2D eigenvalue weighted by molar-refractivity contribution is -0.182. The van der Waals surface area contributed by atoms with Crippen molar-refractivity contribution < 1.29 is 36.3 Å². The highest BCUT2D eigenvalue weighted by Gasteiger charge is 2.41. The predicted octanol–water partition coefficient (Wildman–Crippen LogP) is 6.77. The minimum atomic E-state index is -4.29. The van der Waals surface area contributed by atoms with Crippen LogP contribution in [0.1, 0.15) is 72.8 Å². The average molecular weight is 650 g/mol. The topological polar surface area (TPSA) is 109 Å². The van der Waals surface area contributed by atoms with Crippen LogP contribution in [0.2, 0.25) is 10.0 Å². The van der Waals surface area contributed by atoms with E-state index in [2.05, 4.69) is 25.6 Å². The van der Waals surface area contributed by atoms with Crippen LogP contribution >= 0.6 is 23.2 Å². The highest BCUT2D eigenvalue weighted by Crippen LogP contribution is 2.38. The molecule has 0 radical (unpaired) electrons. The summed E-state index contributed by atoms with van der Waals surface area (Å²) in [7, 11) is 0. The Morgan fingerprint density at radius 2 is 1.86 bits per heavy atom. The summed E-state index contributed by atoms with van der Waals surface area (Å²) in [4.78, 5) is 36.6. The van der Waals surface area contributed by atoms with Crippen LogP contribution in [-0.2, 0) is 17.8 Å². The summed E-state index contributed by atoms with van der Waals surface area (Å²) in [6, 6.07) is 4.17. The number of carbonyl (C=O) groups excluding carboxylic acids is 2. The number of amides is 2. The first-order valence-corrected chi connectivity index (χ1v) is 14.5. The van der Waals surface area contributed by atoms with Crippen molar-refractivity contribution in [2.24, 2.45) is 5.92 Å². The van der Waals surface area contributed by atoms with Gasteiger partial charge >= 0.3 is 6.18 Å². The number of carbonyl (C=O) groups is 2. The fraction of sp³-hybridized carbons (Fsp3) is 0.500. The zero-order valence-corrected chi connectivity index (χ0v) is 24.6. The van der Waals surface area contributed by atoms with Gasteiger partial charge in [-0.15, -0.1) is 0 Å². The summed E-state index contributed by atoms with van der Waals surface area (Å²) in [6.45, 7) is 1.06. The van der Waals surface area contributed by atoms with Crippen molar-refractivity contribution >= 4 is 46.2 Å². The summed E-state index contributed by atoms with van der Waals surface area (Å²) >= 11 is 13.0. The quantitative estimate of drug-likeness (QED) is 0.199. The number of hydrogen-bond acceptors (Lipinski definition) is 5. The molecule has 1 saturated carbocycles. The monoisotopic (exact) mass is 649 g/mol. The maximum atomic E-state index is 13.1. The van der Waals surface area contributed by atoms with Gasteiger partial charge in [0.05, 0.1) is 16.5 Å². The van der Waals surface area contributed by atoms with E-state index in [-0.39, 0.29) is 61.6 Å². The molecule has 2 heterocycles. The number of alkyl halides is 5. The zero-order chi connectivity index (χ0) is 31.3. The highest BCUT2D eigenvalue weighted by atomic mass is 35.5. The van der Waals surface area contributed by atoms with Crippen molar-refractivity contribution in [1.29, 1.82) is 0 Å². The van der Waals surface area contributed by atoms with Crippen LogP contribution in [0.3, 0.4) is 0 Å². The number of fused-ring (bicyclic) bond motifs is 1. The lowest BCUT2D eigenvalue weighted by Crippen LogP contribution is -2.40. The lowest BCUT2D eigenvalue weighted by atomic mass is 9.85. The minimum absolute atomic E-state index is 0.0803. The van der Waals surface area contributed by atoms with Crippen molar-refractivity contribution in [3.8, 4) is 5.88 Å². The van der Waals surface area contributed by atoms with E-state index in [4.69, 9.17) is 27.9 Å². The molecule has 4 rings (SSSR count). The van der Waals surface area contributed by atoms with E-state index in [1.54, 1.807) is 12.1 Å². The maximum Gasteiger partial charge on any atom is 0.391 e. The van der Waals surface area contributed by atoms with Gasteiger partial charge in [-0.2, -0.15) is 18.2 Å². The van der Waals surface area contributed by atoms with Crippen molar-refractivity contribution in [3.63, 3.8) is 0 Å². The van der Waals surface area contributed by atoms with Crippen molar-refractivity contribution in [2.45, 2.75) is 77.1 Å². The van der Waals surface area contributed by atoms with Crippen molar-refractivity contribution in [1.82, 2.24) is 25.6 Å². The molecule has 2 aromatic heterocycles. The highest BCUT2D eigenvalue weighted by molar-refractivity contribution is 6.36. The van der Waals surface area contributed by atoms with Gasteiger partial charge in [0.1, 0.15) is 11.4 Å². The summed E-state index contributed by atoms with van der Waals surface area (Å²) < 4.78 is 70.1. The molecule has 0 saturated heterocycles. The Hall–Kier alpha value is -3.19. The van der Waals surface area contributed by atoms with Crippen LogP contribution in [0.5, 0.6) is 5.88 Å². The number of halogens is 7. The number of aromatic amines is 1. The summed E-state index contributed by atoms with van der Waals surface area (Å²) in [5.41, 5.74) is 1.37. The number of nitrogens with one attached hydrogen (secondary N) is 3. The number of benzene rings is 1. The van der Waals surface area contributed by atoms with E-state index in [0.717, 1.165) is 0 Å². The molecule has 0 bridgehead atoms. The largest absolute Gasteiger partial charge is 0.471 e. The SMILES string of the molecule is CCCC(=O)NCc1ccc(Cl)c(Cc2nc3nc(OCC(F)F)c(C(=O)NC4CCC(C(F)(F)F)CC4)cc3[nH]2)c1Cl. The van der Waals surface area contributed by atoms with Gasteiger partial charge in [-0.3, -0.25) is 9.59 Å². The molecule has 0 aliphatic heterocycles. The first-order chi connectivity index (χ1) is 20.3. The third-order valence-corrected chi connectivity index (χ3v) is 7.99. The van der Waals surface area contributed by atoms with Gasteiger partial charge < -0.3 is 20.4 Å². The molecular weight excluding hydrogens is 620 g/mol. The third-order valence-electron chi connectivity index (χ3n) is 7.17. The molecular formula is C28H30Cl2F5N5O3. The molecule has 1 aromatic carbocycles. The number of rotatable bonds is 11. The summed E-state index contributed by atoms with van der Waals surface area (Å²) in [5, 5.41) is 6.16. The number of aromatic nitrogens is 3. The Morgan fingerprint density at radius 1 is 1.14 bits per heavy atom. The van der Waals surface area contributed by atoms with E-state index in [9.17, 15) is 31.5 Å². The second-order valence-corrected chi connectivity index (χ2v) is 11.1. The first kappa shape index (κ1) is 32.7. The van der Waals surface area contributed by atoms with Crippen molar-refractivity contribution in [3.05, 3.63) is 50.8 Å². The number of imidazole rings is 1. The Kier molecular flexibility index (Phi) is 10.7. The number of nitrogens with zero attached hydrogens (tertiary/aromatic N) is 2. The fourth-order valence-corrected chi connectivity index (χ4v) is 5.49. The number of H-pyrrole nitrogens is 1. The summed E-state index contributed by atoms with van der Waals surface area (Å²) in [6.07, 6.45) is -5.95. The predicted molar refractivity (Wildman–Crippen MR) is 151 cm³/mol. The maximum absolute atomic E-state index is 13.1. The molecule has 3 N–H and O–H groups in total. The molecule has 1 aliphatic rings. The molecule has 0 unspecified atom stereocenters. The van der Waals surface area contributed by atoms with Crippen LogP contribution in [0.25, 0.3) is 11.2 Å². The molecule has 234 valence electrons. The summed E-state index contributed by atoms with van der Waals surface area (Å²) in [5.74, 6) is -2.28. The second kappa shape index (κ2) is 14.1. The minimum Gasteiger partial charge on any atom is -0.471 e. The smallest absolute Gasteiger partial charge is 0.391 e. The standard InChI is InChI=1S/C28H30Cl2F5N5O3/c1-2-3-23(41)36-12-14-4-9-19(29)17(24(14)30)11-22-38-20-10-18(27(40-25(20)39-22)43-13-21(31)32)26(42)37-16-7-5-15(6-8-16)28(33,34)35/h4,9-10,15-16,21H,2-3,5-8,11-13H2,1H3,(H,36,41)(H,37,42)(H,38,39,40). The van der Waals surface area contributed by atoms with Crippen LogP contribution < -0.4 is 15.4 Å². The molecule has 43 heavy (non-hydrogen) atoms. The molecule has 2 amide bonds. The van der Waals surface area contributed by atoms with E-state index in [1.165, 1.54) is 6.07 Å². The normalized spacial score (nSPS) is 17.3. The molecule has 1 fully saturated rings. The van der Waals surface area contributed by atoms with E-state index in [0.29, 0.717) is 45.4 Å². The van der Waals surface area contributed by atoms with E-state index < -0.39 is 37.1 Å². The van der Waals surface area contributed by atoms with E-state index >= 15 is 0 Å². The Balaban J connectivity index is 1.56. The number of pyridine rings is 1. The molecule has 3 aromatic rings. The van der Waals surface area contributed by atoms with Gasteiger partial charge in [-0.25, -0.2) is 13.8 Å². The lowest BCUT2D eigenvalue weighted by Gasteiger charge is -2.30. The van der Waals surface area contributed by atoms with Crippen LogP contribution in [0.4, 0.5) is 22.0 Å². The average Bonchev–Trinajstić information content (AvgIpc) is 3.34. The molecule has 8 nitrogen and oxygen atoms in total. The van der Waals surface area contributed by atoms with Crippen LogP contribution in [-0.4, -0.2) is 52.0 Å². The van der Waals surface area contributed by atoms with Crippen LogP contribution in [0, 0.1) is 5.92 Å². The number of ether oxygens (including phenoxy) is 1. The van der Waals surface area contributed by atoms with E-state index in [1.807, 2.05) is 6.92 Å². The van der Waals surface area contributed by atoms with Gasteiger partial charge in [-0.05, 0) is 55.4 Å². The van der Waals surface area contributed by atoms with Crippen LogP contribution in [0.15, 0.2) is 18.2 Å². The van der Waals surface area contributed by atoms with Gasteiger partial charge in [0.15, 0.2) is 12.3 Å². The van der Waals surface area contributed by atoms with Gasteiger partial charge in [0.2, 0.25) is 11.8 Å². The molecule has 15 heteroatoms. The molecule has 0 spiro atoms. The van der Waals surface area contributed by atoms with Crippen molar-refractivity contribution in [2.75, 3.05) is 6.61 Å². The van der Waals surface area contributed by atoms with Gasteiger partial charge in [0, 0.05) is 30.5 Å². The van der Waals surface area contributed by atoms with Gasteiger partial charge in [-0.1, -0.05) is 36.2 Å². The zero-order valence-electron chi connectivity index (χ0n) is 23.1. The Morgan fingerprint density at radius 3 is 2.51 bits per heavy atom. The Bertz CT molecular complexity index is 1460. The Labute approximate surface area is 254 Å². The number of hydrogen-bond donors (Lipinski definition) is 3. The third kappa shape index (κ3) is 8.47. The fourth-order valence-electron chi connectivity index (χ4n) is 4.92. The van der Waals surface area contributed by atoms with Gasteiger partial charge in [0.25, 0.3) is 12.3 Å². The molecule has 0 atom stereocenters. The molecule has 1 aliphatic carbocycles.